The van der Waals surface area contributed by atoms with Crippen LogP contribution >= 0.6 is 11.3 Å². The van der Waals surface area contributed by atoms with E-state index in [0.717, 1.165) is 26.1 Å². The van der Waals surface area contributed by atoms with Gasteiger partial charge >= 0.3 is 0 Å². The summed E-state index contributed by atoms with van der Waals surface area (Å²) in [5, 5.41) is 5.57. The highest BCUT2D eigenvalue weighted by atomic mass is 32.1. The van der Waals surface area contributed by atoms with Crippen LogP contribution in [0.2, 0.25) is 0 Å². The summed E-state index contributed by atoms with van der Waals surface area (Å²) in [5.74, 6) is 0.695. The van der Waals surface area contributed by atoms with Gasteiger partial charge in [0.25, 0.3) is 0 Å². The van der Waals surface area contributed by atoms with Gasteiger partial charge in [0.1, 0.15) is 0 Å². The predicted molar refractivity (Wildman–Crippen MR) is 90.7 cm³/mol. The summed E-state index contributed by atoms with van der Waals surface area (Å²) < 4.78 is 5.74. The summed E-state index contributed by atoms with van der Waals surface area (Å²) >= 11 is 1.79. The first-order valence-electron chi connectivity index (χ1n) is 7.62. The van der Waals surface area contributed by atoms with Gasteiger partial charge in [0.2, 0.25) is 0 Å². The van der Waals surface area contributed by atoms with Crippen LogP contribution in [0.1, 0.15) is 29.9 Å². The molecule has 3 heteroatoms. The third kappa shape index (κ3) is 6.42. The minimum absolute atomic E-state index is 0.695. The molecule has 1 N–H and O–H groups in total. The molecule has 1 aromatic carbocycles. The Morgan fingerprint density at radius 3 is 2.52 bits per heavy atom. The van der Waals surface area contributed by atoms with Crippen LogP contribution in [0, 0.1) is 5.92 Å². The number of hydrogen-bond acceptors (Lipinski definition) is 3. The number of ether oxygens (including phenoxy) is 1. The largest absolute Gasteiger partial charge is 0.376 e. The Morgan fingerprint density at radius 1 is 1.10 bits per heavy atom. The SMILES string of the molecule is CC(C)CNCc1ccc(COCCc2cccs2)cc1. The smallest absolute Gasteiger partial charge is 0.0717 e. The minimum Gasteiger partial charge on any atom is -0.376 e. The predicted octanol–water partition coefficient (Wildman–Crippen LogP) is 4.25. The van der Waals surface area contributed by atoms with E-state index in [1.54, 1.807) is 11.3 Å². The molecule has 0 aliphatic carbocycles. The summed E-state index contributed by atoms with van der Waals surface area (Å²) in [6.07, 6.45) is 1.01. The van der Waals surface area contributed by atoms with E-state index in [0.29, 0.717) is 12.5 Å². The van der Waals surface area contributed by atoms with E-state index in [1.165, 1.54) is 16.0 Å². The highest BCUT2D eigenvalue weighted by Crippen LogP contribution is 2.10. The van der Waals surface area contributed by atoms with E-state index in [1.807, 2.05) is 0 Å². The summed E-state index contributed by atoms with van der Waals surface area (Å²) in [6, 6.07) is 12.9. The van der Waals surface area contributed by atoms with Gasteiger partial charge in [-0.15, -0.1) is 11.3 Å². The Morgan fingerprint density at radius 2 is 1.86 bits per heavy atom. The quantitative estimate of drug-likeness (QED) is 0.699. The topological polar surface area (TPSA) is 21.3 Å². The van der Waals surface area contributed by atoms with Crippen molar-refractivity contribution in [3.63, 3.8) is 0 Å². The van der Waals surface area contributed by atoms with Crippen molar-refractivity contribution in [2.45, 2.75) is 33.4 Å². The fourth-order valence-corrected chi connectivity index (χ4v) is 2.77. The molecule has 2 rings (SSSR count). The molecule has 0 radical (unpaired) electrons. The molecule has 0 amide bonds. The molecule has 2 nitrogen and oxygen atoms in total. The maximum absolute atomic E-state index is 5.74. The van der Waals surface area contributed by atoms with Gasteiger partial charge in [0.05, 0.1) is 13.2 Å². The monoisotopic (exact) mass is 303 g/mol. The number of benzene rings is 1. The molecule has 0 spiro atoms. The highest BCUT2D eigenvalue weighted by Gasteiger charge is 1.98. The van der Waals surface area contributed by atoms with Crippen LogP contribution in [0.15, 0.2) is 41.8 Å². The Bertz CT molecular complexity index is 490. The molecule has 2 aromatic rings. The minimum atomic E-state index is 0.695. The molecule has 114 valence electrons. The first-order chi connectivity index (χ1) is 10.2. The van der Waals surface area contributed by atoms with Gasteiger partial charge in [-0.2, -0.15) is 0 Å². The Hall–Kier alpha value is -1.16. The maximum atomic E-state index is 5.74. The van der Waals surface area contributed by atoms with Crippen molar-refractivity contribution in [1.29, 1.82) is 0 Å². The van der Waals surface area contributed by atoms with E-state index in [9.17, 15) is 0 Å². The maximum Gasteiger partial charge on any atom is 0.0717 e. The third-order valence-corrected chi connectivity index (χ3v) is 4.18. The van der Waals surface area contributed by atoms with Crippen molar-refractivity contribution < 1.29 is 4.74 Å². The van der Waals surface area contributed by atoms with Gasteiger partial charge in [0, 0.05) is 17.8 Å². The van der Waals surface area contributed by atoms with Crippen molar-refractivity contribution in [3.05, 3.63) is 57.8 Å². The lowest BCUT2D eigenvalue weighted by molar-refractivity contribution is 0.124. The van der Waals surface area contributed by atoms with Gasteiger partial charge in [-0.1, -0.05) is 44.2 Å². The summed E-state index contributed by atoms with van der Waals surface area (Å²) in [6.45, 7) is 7.95. The Balaban J connectivity index is 1.65. The van der Waals surface area contributed by atoms with Crippen LogP contribution in [0.25, 0.3) is 0 Å². The molecule has 0 fully saturated rings. The first kappa shape index (κ1) is 16.2. The van der Waals surface area contributed by atoms with Crippen molar-refractivity contribution in [2.24, 2.45) is 5.92 Å². The Kier molecular flexibility index (Phi) is 6.93. The van der Waals surface area contributed by atoms with Crippen LogP contribution in [-0.2, 0) is 24.3 Å². The number of nitrogens with one attached hydrogen (secondary N) is 1. The lowest BCUT2D eigenvalue weighted by Gasteiger charge is -2.08. The number of thiophene rings is 1. The second-order valence-corrected chi connectivity index (χ2v) is 6.76. The second-order valence-electron chi connectivity index (χ2n) is 5.72. The zero-order valence-electron chi connectivity index (χ0n) is 13.0. The lowest BCUT2D eigenvalue weighted by Crippen LogP contribution is -2.18. The summed E-state index contributed by atoms with van der Waals surface area (Å²) in [7, 11) is 0. The second kappa shape index (κ2) is 8.98. The first-order valence-corrected chi connectivity index (χ1v) is 8.50. The van der Waals surface area contributed by atoms with Crippen molar-refractivity contribution >= 4 is 11.3 Å². The van der Waals surface area contributed by atoms with Gasteiger partial charge in [-0.3, -0.25) is 0 Å². The van der Waals surface area contributed by atoms with E-state index < -0.39 is 0 Å². The van der Waals surface area contributed by atoms with Gasteiger partial charge in [-0.05, 0) is 35.0 Å². The number of rotatable bonds is 9. The van der Waals surface area contributed by atoms with Crippen LogP contribution < -0.4 is 5.32 Å². The highest BCUT2D eigenvalue weighted by molar-refractivity contribution is 7.09. The summed E-state index contributed by atoms with van der Waals surface area (Å²) in [5.41, 5.74) is 2.58. The van der Waals surface area contributed by atoms with E-state index >= 15 is 0 Å². The molecule has 0 unspecified atom stereocenters. The van der Waals surface area contributed by atoms with Crippen LogP contribution in [0.3, 0.4) is 0 Å². The number of hydrogen-bond donors (Lipinski definition) is 1. The molecule has 0 saturated heterocycles. The van der Waals surface area contributed by atoms with Gasteiger partial charge in [-0.25, -0.2) is 0 Å². The van der Waals surface area contributed by atoms with Crippen LogP contribution in [0.5, 0.6) is 0 Å². The molecule has 0 aliphatic heterocycles. The van der Waals surface area contributed by atoms with E-state index in [2.05, 4.69) is 60.9 Å². The average Bonchev–Trinajstić information content (AvgIpc) is 2.98. The zero-order chi connectivity index (χ0) is 14.9. The molecule has 0 atom stereocenters. The standard InChI is InChI=1S/C18H25NOS/c1-15(2)12-19-13-16-5-7-17(8-6-16)14-20-10-9-18-4-3-11-21-18/h3-8,11,15,19H,9-10,12-14H2,1-2H3. The van der Waals surface area contributed by atoms with Gasteiger partial charge in [0.15, 0.2) is 0 Å². The molecule has 0 bridgehead atoms. The lowest BCUT2D eigenvalue weighted by atomic mass is 10.1. The third-order valence-electron chi connectivity index (χ3n) is 3.25. The molecule has 1 aromatic heterocycles. The fraction of sp³-hybridized carbons (Fsp3) is 0.444. The molecule has 0 aliphatic rings. The summed E-state index contributed by atoms with van der Waals surface area (Å²) in [4.78, 5) is 1.39. The Labute approximate surface area is 132 Å². The molecular formula is C18H25NOS. The van der Waals surface area contributed by atoms with Gasteiger partial charge < -0.3 is 10.1 Å². The molecule has 1 heterocycles. The molecular weight excluding hydrogens is 278 g/mol. The van der Waals surface area contributed by atoms with Crippen LogP contribution in [-0.4, -0.2) is 13.2 Å². The van der Waals surface area contributed by atoms with Crippen LogP contribution in [0.4, 0.5) is 0 Å². The zero-order valence-corrected chi connectivity index (χ0v) is 13.8. The van der Waals surface area contributed by atoms with E-state index in [4.69, 9.17) is 4.74 Å². The molecule has 0 saturated carbocycles. The fourth-order valence-electron chi connectivity index (χ4n) is 2.08. The molecule has 21 heavy (non-hydrogen) atoms. The normalized spacial score (nSPS) is 11.2. The average molecular weight is 303 g/mol. The van der Waals surface area contributed by atoms with Crippen molar-refractivity contribution in [1.82, 2.24) is 5.32 Å². The van der Waals surface area contributed by atoms with Crippen molar-refractivity contribution in [3.8, 4) is 0 Å². The van der Waals surface area contributed by atoms with Crippen molar-refractivity contribution in [2.75, 3.05) is 13.2 Å². The van der Waals surface area contributed by atoms with E-state index in [-0.39, 0.29) is 0 Å².